The summed E-state index contributed by atoms with van der Waals surface area (Å²) in [6.07, 6.45) is 7.88. The molecule has 0 bridgehead atoms. The quantitative estimate of drug-likeness (QED) is 0.461. The molecule has 3 N–H and O–H groups in total. The number of nitrogens with one attached hydrogen (secondary N) is 3. The number of sulfonamides is 1. The van der Waals surface area contributed by atoms with Gasteiger partial charge >= 0.3 is 0 Å². The number of carbonyl (C=O) groups excluding carboxylic acids is 1. The summed E-state index contributed by atoms with van der Waals surface area (Å²) in [6.45, 7) is 1.82. The van der Waals surface area contributed by atoms with Gasteiger partial charge in [0.2, 0.25) is 15.9 Å². The fraction of sp³-hybridized carbons (Fsp3) is 0.333. The molecular weight excluding hydrogens is 422 g/mol. The van der Waals surface area contributed by atoms with Gasteiger partial charge in [0.25, 0.3) is 0 Å². The van der Waals surface area contributed by atoms with Gasteiger partial charge in [-0.15, -0.1) is 0 Å². The van der Waals surface area contributed by atoms with Crippen LogP contribution in [-0.4, -0.2) is 25.5 Å². The van der Waals surface area contributed by atoms with Gasteiger partial charge in [0, 0.05) is 17.8 Å². The number of furan rings is 1. The Labute approximate surface area is 182 Å². The van der Waals surface area contributed by atoms with Gasteiger partial charge < -0.3 is 9.73 Å². The van der Waals surface area contributed by atoms with Crippen molar-refractivity contribution in [3.63, 3.8) is 0 Å². The van der Waals surface area contributed by atoms with Crippen molar-refractivity contribution in [3.05, 3.63) is 54.0 Å². The third-order valence-electron chi connectivity index (χ3n) is 4.75. The third-order valence-corrected chi connectivity index (χ3v) is 6.49. The Balaban J connectivity index is 1.52. The first-order valence-corrected chi connectivity index (χ1v) is 11.7. The number of rotatable bonds is 6. The molecule has 1 amide bonds. The Morgan fingerprint density at radius 2 is 1.80 bits per heavy atom. The Bertz CT molecular complexity index is 1020. The summed E-state index contributed by atoms with van der Waals surface area (Å²) in [7, 11) is -3.55. The van der Waals surface area contributed by atoms with Crippen LogP contribution in [-0.2, 0) is 14.8 Å². The van der Waals surface area contributed by atoms with Gasteiger partial charge in [0.05, 0.1) is 4.90 Å². The maximum atomic E-state index is 12.5. The summed E-state index contributed by atoms with van der Waals surface area (Å²) >= 11 is 5.13. The van der Waals surface area contributed by atoms with Crippen LogP contribution in [0.2, 0.25) is 0 Å². The average molecular weight is 448 g/mol. The molecule has 1 aromatic heterocycles. The number of amides is 1. The standard InChI is InChI=1S/C21H25N3O4S2/c1-15-7-10-18(28-15)11-14-20(25)23-21(29)22-16-8-12-19(13-9-16)30(26,27)24-17-5-3-2-4-6-17/h7-14,17,24H,2-6H2,1H3,(H2,22,23,25,29). The molecule has 1 aromatic carbocycles. The van der Waals surface area contributed by atoms with Gasteiger partial charge in [0.15, 0.2) is 5.11 Å². The summed E-state index contributed by atoms with van der Waals surface area (Å²) in [4.78, 5) is 12.1. The minimum Gasteiger partial charge on any atom is -0.462 e. The van der Waals surface area contributed by atoms with Crippen LogP contribution in [0.4, 0.5) is 5.69 Å². The molecule has 0 aliphatic heterocycles. The minimum absolute atomic E-state index is 0.00230. The molecule has 2 aromatic rings. The monoisotopic (exact) mass is 447 g/mol. The van der Waals surface area contributed by atoms with Gasteiger partial charge in [-0.25, -0.2) is 13.1 Å². The summed E-state index contributed by atoms with van der Waals surface area (Å²) in [5.41, 5.74) is 0.572. The van der Waals surface area contributed by atoms with Gasteiger partial charge in [-0.3, -0.25) is 10.1 Å². The molecule has 9 heteroatoms. The highest BCUT2D eigenvalue weighted by Gasteiger charge is 2.21. The zero-order valence-electron chi connectivity index (χ0n) is 16.7. The van der Waals surface area contributed by atoms with Crippen LogP contribution in [0.1, 0.15) is 43.6 Å². The van der Waals surface area contributed by atoms with Gasteiger partial charge in [0.1, 0.15) is 11.5 Å². The van der Waals surface area contributed by atoms with Crippen molar-refractivity contribution in [1.82, 2.24) is 10.0 Å². The number of carbonyl (C=O) groups is 1. The van der Waals surface area contributed by atoms with Crippen molar-refractivity contribution in [1.29, 1.82) is 0 Å². The minimum atomic E-state index is -3.55. The fourth-order valence-electron chi connectivity index (χ4n) is 3.24. The lowest BCUT2D eigenvalue weighted by Gasteiger charge is -2.22. The molecule has 7 nitrogen and oxygen atoms in total. The second kappa shape index (κ2) is 10.0. The molecule has 0 atom stereocenters. The van der Waals surface area contributed by atoms with E-state index in [0.717, 1.165) is 37.9 Å². The first kappa shape index (κ1) is 22.2. The lowest BCUT2D eigenvalue weighted by molar-refractivity contribution is -0.115. The van der Waals surface area contributed by atoms with E-state index in [1.165, 1.54) is 18.2 Å². The molecule has 30 heavy (non-hydrogen) atoms. The van der Waals surface area contributed by atoms with E-state index in [-0.39, 0.29) is 16.0 Å². The van der Waals surface area contributed by atoms with Crippen LogP contribution in [0.5, 0.6) is 0 Å². The van der Waals surface area contributed by atoms with Crippen LogP contribution in [0.15, 0.2) is 51.8 Å². The Morgan fingerprint density at radius 1 is 1.10 bits per heavy atom. The van der Waals surface area contributed by atoms with Crippen LogP contribution in [0, 0.1) is 6.92 Å². The fourth-order valence-corrected chi connectivity index (χ4v) is 4.77. The number of hydrogen-bond acceptors (Lipinski definition) is 5. The molecule has 160 valence electrons. The molecule has 1 aliphatic carbocycles. The highest BCUT2D eigenvalue weighted by Crippen LogP contribution is 2.20. The van der Waals surface area contributed by atoms with E-state index >= 15 is 0 Å². The van der Waals surface area contributed by atoms with Crippen molar-refractivity contribution in [2.45, 2.75) is 50.0 Å². The predicted molar refractivity (Wildman–Crippen MR) is 120 cm³/mol. The number of thiocarbonyl (C=S) groups is 1. The van der Waals surface area contributed by atoms with Crippen LogP contribution >= 0.6 is 12.2 Å². The molecule has 1 saturated carbocycles. The third kappa shape index (κ3) is 6.51. The number of hydrogen-bond donors (Lipinski definition) is 3. The van der Waals surface area contributed by atoms with Crippen LogP contribution in [0.25, 0.3) is 6.08 Å². The summed E-state index contributed by atoms with van der Waals surface area (Å²) in [5, 5.41) is 5.50. The highest BCUT2D eigenvalue weighted by atomic mass is 32.2. The van der Waals surface area contributed by atoms with E-state index in [9.17, 15) is 13.2 Å². The molecule has 1 heterocycles. The first-order valence-electron chi connectivity index (χ1n) is 9.81. The molecule has 0 radical (unpaired) electrons. The number of aryl methyl sites for hydroxylation is 1. The molecule has 0 spiro atoms. The lowest BCUT2D eigenvalue weighted by Crippen LogP contribution is -2.36. The van der Waals surface area contributed by atoms with Crippen molar-refractivity contribution in [3.8, 4) is 0 Å². The van der Waals surface area contributed by atoms with Crippen molar-refractivity contribution < 1.29 is 17.6 Å². The summed E-state index contributed by atoms with van der Waals surface area (Å²) in [5.74, 6) is 0.921. The zero-order valence-corrected chi connectivity index (χ0v) is 18.3. The molecule has 1 fully saturated rings. The largest absolute Gasteiger partial charge is 0.462 e. The smallest absolute Gasteiger partial charge is 0.250 e. The Kier molecular flexibility index (Phi) is 7.41. The molecular formula is C21H25N3O4S2. The van der Waals surface area contributed by atoms with E-state index in [2.05, 4.69) is 15.4 Å². The zero-order chi connectivity index (χ0) is 21.6. The topological polar surface area (TPSA) is 100 Å². The SMILES string of the molecule is Cc1ccc(C=CC(=O)NC(=S)Nc2ccc(S(=O)(=O)NC3CCCCC3)cc2)o1. The second-order valence-corrected chi connectivity index (χ2v) is 9.33. The van der Waals surface area contributed by atoms with Gasteiger partial charge in [-0.1, -0.05) is 19.3 Å². The van der Waals surface area contributed by atoms with Gasteiger partial charge in [-0.05, 0) is 74.5 Å². The Hall–Kier alpha value is -2.49. The van der Waals surface area contributed by atoms with E-state index < -0.39 is 15.9 Å². The van der Waals surface area contributed by atoms with Gasteiger partial charge in [-0.2, -0.15) is 0 Å². The Morgan fingerprint density at radius 3 is 2.43 bits per heavy atom. The van der Waals surface area contributed by atoms with Crippen LogP contribution in [0.3, 0.4) is 0 Å². The summed E-state index contributed by atoms with van der Waals surface area (Å²) in [6, 6.07) is 9.80. The number of anilines is 1. The van der Waals surface area contributed by atoms with Crippen molar-refractivity contribution in [2.24, 2.45) is 0 Å². The maximum absolute atomic E-state index is 12.5. The average Bonchev–Trinajstić information content (AvgIpc) is 3.12. The maximum Gasteiger partial charge on any atom is 0.250 e. The summed E-state index contributed by atoms with van der Waals surface area (Å²) < 4.78 is 33.2. The van der Waals surface area contributed by atoms with Crippen LogP contribution < -0.4 is 15.4 Å². The number of benzene rings is 1. The van der Waals surface area contributed by atoms with E-state index in [0.29, 0.717) is 11.4 Å². The molecule has 3 rings (SSSR count). The van der Waals surface area contributed by atoms with E-state index in [4.69, 9.17) is 16.6 Å². The first-order chi connectivity index (χ1) is 14.3. The normalized spacial score (nSPS) is 15.2. The second-order valence-electron chi connectivity index (χ2n) is 7.21. The highest BCUT2D eigenvalue weighted by molar-refractivity contribution is 7.89. The van der Waals surface area contributed by atoms with E-state index in [1.54, 1.807) is 30.3 Å². The van der Waals surface area contributed by atoms with Crippen molar-refractivity contribution in [2.75, 3.05) is 5.32 Å². The molecule has 0 unspecified atom stereocenters. The predicted octanol–water partition coefficient (Wildman–Crippen LogP) is 3.73. The van der Waals surface area contributed by atoms with Crippen molar-refractivity contribution >= 4 is 45.0 Å². The van der Waals surface area contributed by atoms with E-state index in [1.807, 2.05) is 6.92 Å². The molecule has 0 saturated heterocycles. The molecule has 1 aliphatic rings. The lowest BCUT2D eigenvalue weighted by atomic mass is 9.96.